The van der Waals surface area contributed by atoms with Crippen molar-refractivity contribution in [3.8, 4) is 0 Å². The zero-order valence-corrected chi connectivity index (χ0v) is 12.6. The zero-order valence-electron chi connectivity index (χ0n) is 11.8. The van der Waals surface area contributed by atoms with Crippen LogP contribution in [-0.2, 0) is 4.79 Å². The van der Waals surface area contributed by atoms with Gasteiger partial charge in [0.15, 0.2) is 0 Å². The maximum Gasteiger partial charge on any atom is 0.306 e. The number of likely N-dealkylation sites (tertiary alicyclic amines) is 1. The third-order valence-electron chi connectivity index (χ3n) is 4.22. The molecule has 4 heteroatoms. The van der Waals surface area contributed by atoms with E-state index in [2.05, 4.69) is 46.0 Å². The molecule has 1 aliphatic heterocycles. The Hall–Kier alpha value is -1.65. The van der Waals surface area contributed by atoms with Crippen LogP contribution < -0.4 is 0 Å². The molecule has 2 aromatic rings. The smallest absolute Gasteiger partial charge is 0.306 e. The summed E-state index contributed by atoms with van der Waals surface area (Å²) in [5.74, 6) is -0.832. The first-order chi connectivity index (χ1) is 10.3. The molecule has 3 nitrogen and oxygen atoms in total. The Kier molecular flexibility index (Phi) is 4.36. The lowest BCUT2D eigenvalue weighted by Crippen LogP contribution is -2.39. The first-order valence-corrected chi connectivity index (χ1v) is 8.24. The summed E-state index contributed by atoms with van der Waals surface area (Å²) in [7, 11) is 0. The van der Waals surface area contributed by atoms with E-state index in [4.69, 9.17) is 5.11 Å². The molecule has 1 aliphatic rings. The standard InChI is InChI=1S/C17H19NO2S/c19-17(20)14-6-9-18(10-7-14)16(15-8-11-21-12-15)13-4-2-1-3-5-13/h1-5,8,11-12,14,16H,6-7,9-10H2,(H,19,20). The molecule has 0 aliphatic carbocycles. The average Bonchev–Trinajstić information content (AvgIpc) is 3.03. The summed E-state index contributed by atoms with van der Waals surface area (Å²) in [4.78, 5) is 13.5. The van der Waals surface area contributed by atoms with Crippen molar-refractivity contribution in [3.05, 3.63) is 58.3 Å². The SMILES string of the molecule is O=C(O)C1CCN(C(c2ccccc2)c2ccsc2)CC1. The lowest BCUT2D eigenvalue weighted by Gasteiger charge is -2.36. The summed E-state index contributed by atoms with van der Waals surface area (Å²) in [5.41, 5.74) is 2.59. The van der Waals surface area contributed by atoms with E-state index in [9.17, 15) is 4.79 Å². The molecular weight excluding hydrogens is 282 g/mol. The molecule has 3 rings (SSSR count). The van der Waals surface area contributed by atoms with Crippen molar-refractivity contribution in [3.63, 3.8) is 0 Å². The molecule has 1 saturated heterocycles. The molecule has 1 atom stereocenters. The van der Waals surface area contributed by atoms with E-state index in [1.807, 2.05) is 6.07 Å². The second-order valence-electron chi connectivity index (χ2n) is 5.52. The van der Waals surface area contributed by atoms with Crippen LogP contribution in [0.3, 0.4) is 0 Å². The number of thiophene rings is 1. The number of benzene rings is 1. The lowest BCUT2D eigenvalue weighted by molar-refractivity contribution is -0.143. The van der Waals surface area contributed by atoms with Gasteiger partial charge in [-0.3, -0.25) is 9.69 Å². The second-order valence-corrected chi connectivity index (χ2v) is 6.30. The summed E-state index contributed by atoms with van der Waals surface area (Å²) in [6, 6.07) is 12.9. The Labute approximate surface area is 128 Å². The van der Waals surface area contributed by atoms with Crippen molar-refractivity contribution in [2.45, 2.75) is 18.9 Å². The van der Waals surface area contributed by atoms with Crippen LogP contribution in [0.1, 0.15) is 30.0 Å². The van der Waals surface area contributed by atoms with Gasteiger partial charge in [-0.1, -0.05) is 30.3 Å². The van der Waals surface area contributed by atoms with E-state index in [0.29, 0.717) is 0 Å². The molecule has 1 unspecified atom stereocenters. The van der Waals surface area contributed by atoms with Crippen LogP contribution in [0.5, 0.6) is 0 Å². The summed E-state index contributed by atoms with van der Waals surface area (Å²) in [6.07, 6.45) is 1.48. The Morgan fingerprint density at radius 2 is 1.86 bits per heavy atom. The molecule has 2 heterocycles. The minimum atomic E-state index is -0.651. The number of aliphatic carboxylic acids is 1. The van der Waals surface area contributed by atoms with Gasteiger partial charge < -0.3 is 5.11 Å². The van der Waals surface area contributed by atoms with Gasteiger partial charge in [-0.2, -0.15) is 11.3 Å². The Balaban J connectivity index is 1.83. The number of rotatable bonds is 4. The molecule has 0 amide bonds. The summed E-state index contributed by atoms with van der Waals surface area (Å²) < 4.78 is 0. The zero-order chi connectivity index (χ0) is 14.7. The Morgan fingerprint density at radius 3 is 2.43 bits per heavy atom. The number of nitrogens with zero attached hydrogens (tertiary/aromatic N) is 1. The molecule has 1 aromatic heterocycles. The molecule has 0 bridgehead atoms. The van der Waals surface area contributed by atoms with Gasteiger partial charge in [0.05, 0.1) is 12.0 Å². The van der Waals surface area contributed by atoms with Crippen LogP contribution in [0.15, 0.2) is 47.2 Å². The van der Waals surface area contributed by atoms with Crippen LogP contribution in [0, 0.1) is 5.92 Å². The molecule has 1 aromatic carbocycles. The highest BCUT2D eigenvalue weighted by Crippen LogP contribution is 2.33. The van der Waals surface area contributed by atoms with Gasteiger partial charge in [0.25, 0.3) is 0 Å². The van der Waals surface area contributed by atoms with Crippen molar-refractivity contribution in [1.29, 1.82) is 0 Å². The lowest BCUT2D eigenvalue weighted by atomic mass is 9.92. The number of piperidine rings is 1. The average molecular weight is 301 g/mol. The molecule has 1 N–H and O–H groups in total. The van der Waals surface area contributed by atoms with Crippen molar-refractivity contribution in [1.82, 2.24) is 4.90 Å². The van der Waals surface area contributed by atoms with Crippen LogP contribution in [-0.4, -0.2) is 29.1 Å². The Morgan fingerprint density at radius 1 is 1.14 bits per heavy atom. The van der Waals surface area contributed by atoms with Crippen LogP contribution in [0.25, 0.3) is 0 Å². The maximum atomic E-state index is 11.1. The highest BCUT2D eigenvalue weighted by Gasteiger charge is 2.30. The van der Waals surface area contributed by atoms with Crippen molar-refractivity contribution >= 4 is 17.3 Å². The van der Waals surface area contributed by atoms with Crippen LogP contribution in [0.4, 0.5) is 0 Å². The van der Waals surface area contributed by atoms with E-state index < -0.39 is 5.97 Å². The molecule has 21 heavy (non-hydrogen) atoms. The number of carbonyl (C=O) groups is 1. The summed E-state index contributed by atoms with van der Waals surface area (Å²) in [6.45, 7) is 1.68. The molecule has 1 fully saturated rings. The van der Waals surface area contributed by atoms with Crippen molar-refractivity contribution < 1.29 is 9.90 Å². The van der Waals surface area contributed by atoms with Gasteiger partial charge >= 0.3 is 5.97 Å². The number of carboxylic acid groups (broad SMARTS) is 1. The molecule has 110 valence electrons. The van der Waals surface area contributed by atoms with Gasteiger partial charge in [0.2, 0.25) is 0 Å². The number of hydrogen-bond acceptors (Lipinski definition) is 3. The molecular formula is C17H19NO2S. The van der Waals surface area contributed by atoms with E-state index in [1.165, 1.54) is 11.1 Å². The Bertz CT molecular complexity index is 574. The predicted molar refractivity (Wildman–Crippen MR) is 84.5 cm³/mol. The maximum absolute atomic E-state index is 11.1. The van der Waals surface area contributed by atoms with Crippen LogP contribution >= 0.6 is 11.3 Å². The highest BCUT2D eigenvalue weighted by molar-refractivity contribution is 7.08. The van der Waals surface area contributed by atoms with E-state index in [0.717, 1.165) is 25.9 Å². The van der Waals surface area contributed by atoms with E-state index in [1.54, 1.807) is 11.3 Å². The van der Waals surface area contributed by atoms with Gasteiger partial charge in [-0.05, 0) is 53.9 Å². The van der Waals surface area contributed by atoms with Gasteiger partial charge in [-0.15, -0.1) is 0 Å². The fourth-order valence-corrected chi connectivity index (χ4v) is 3.76. The highest BCUT2D eigenvalue weighted by atomic mass is 32.1. The van der Waals surface area contributed by atoms with Crippen molar-refractivity contribution in [2.75, 3.05) is 13.1 Å². The monoisotopic (exact) mass is 301 g/mol. The minimum Gasteiger partial charge on any atom is -0.481 e. The summed E-state index contributed by atoms with van der Waals surface area (Å²) >= 11 is 1.71. The van der Waals surface area contributed by atoms with E-state index >= 15 is 0 Å². The quantitative estimate of drug-likeness (QED) is 0.937. The van der Waals surface area contributed by atoms with Gasteiger partial charge in [-0.25, -0.2) is 0 Å². The number of carboxylic acids is 1. The molecule has 0 radical (unpaired) electrons. The largest absolute Gasteiger partial charge is 0.481 e. The first-order valence-electron chi connectivity index (χ1n) is 7.29. The third-order valence-corrected chi connectivity index (χ3v) is 4.92. The van der Waals surface area contributed by atoms with Crippen molar-refractivity contribution in [2.24, 2.45) is 5.92 Å². The topological polar surface area (TPSA) is 40.5 Å². The van der Waals surface area contributed by atoms with E-state index in [-0.39, 0.29) is 12.0 Å². The fraction of sp³-hybridized carbons (Fsp3) is 0.353. The predicted octanol–water partition coefficient (Wildman–Crippen LogP) is 3.63. The normalized spacial score (nSPS) is 18.5. The molecule has 0 saturated carbocycles. The molecule has 0 spiro atoms. The number of hydrogen-bond donors (Lipinski definition) is 1. The van der Waals surface area contributed by atoms with Crippen LogP contribution in [0.2, 0.25) is 0 Å². The first kappa shape index (κ1) is 14.3. The minimum absolute atomic E-state index is 0.180. The van der Waals surface area contributed by atoms with Gasteiger partial charge in [0.1, 0.15) is 0 Å². The third kappa shape index (κ3) is 3.17. The van der Waals surface area contributed by atoms with Gasteiger partial charge in [0, 0.05) is 0 Å². The summed E-state index contributed by atoms with van der Waals surface area (Å²) in [5, 5.41) is 13.4. The fourth-order valence-electron chi connectivity index (χ4n) is 3.08. The second kappa shape index (κ2) is 6.41.